The maximum absolute atomic E-state index is 12.2. The number of ketones is 1. The molecule has 0 radical (unpaired) electrons. The van der Waals surface area contributed by atoms with E-state index in [4.69, 9.17) is 5.11 Å². The van der Waals surface area contributed by atoms with Gasteiger partial charge in [0, 0.05) is 31.2 Å². The van der Waals surface area contributed by atoms with Crippen LogP contribution in [0, 0.1) is 11.8 Å². The predicted molar refractivity (Wildman–Crippen MR) is 110 cm³/mol. The lowest BCUT2D eigenvalue weighted by molar-refractivity contribution is -0.122. The van der Waals surface area contributed by atoms with Crippen molar-refractivity contribution in [1.29, 1.82) is 0 Å². The smallest absolute Gasteiger partial charge is 0.220 e. The van der Waals surface area contributed by atoms with Crippen LogP contribution >= 0.6 is 0 Å². The van der Waals surface area contributed by atoms with Gasteiger partial charge in [0.05, 0.1) is 18.8 Å². The van der Waals surface area contributed by atoms with Gasteiger partial charge in [0.25, 0.3) is 0 Å². The first-order valence-electron chi connectivity index (χ1n) is 10.9. The first-order valence-corrected chi connectivity index (χ1v) is 10.9. The highest BCUT2D eigenvalue weighted by molar-refractivity contribution is 5.84. The lowest BCUT2D eigenvalue weighted by Gasteiger charge is -2.18. The van der Waals surface area contributed by atoms with Gasteiger partial charge in [0.1, 0.15) is 5.78 Å². The van der Waals surface area contributed by atoms with Gasteiger partial charge in [-0.05, 0) is 19.3 Å². The van der Waals surface area contributed by atoms with Crippen LogP contribution in [0.15, 0.2) is 12.2 Å². The molecular formula is C22H39NO5. The van der Waals surface area contributed by atoms with Crippen molar-refractivity contribution in [1.82, 2.24) is 5.32 Å². The van der Waals surface area contributed by atoms with E-state index in [0.29, 0.717) is 13.0 Å². The maximum atomic E-state index is 12.2. The van der Waals surface area contributed by atoms with Gasteiger partial charge in [0.2, 0.25) is 5.91 Å². The Hall–Kier alpha value is -1.24. The molecule has 0 bridgehead atoms. The zero-order chi connectivity index (χ0) is 20.8. The Morgan fingerprint density at radius 3 is 2.68 bits per heavy atom. The minimum Gasteiger partial charge on any atom is -0.395 e. The van der Waals surface area contributed by atoms with Crippen LogP contribution in [-0.4, -0.2) is 52.4 Å². The summed E-state index contributed by atoms with van der Waals surface area (Å²) in [6.07, 6.45) is 11.3. The molecule has 1 fully saturated rings. The normalized spacial score (nSPS) is 23.4. The maximum Gasteiger partial charge on any atom is 0.220 e. The van der Waals surface area contributed by atoms with Crippen LogP contribution < -0.4 is 5.32 Å². The standard InChI is InChI=1S/C22H39NO5/c1-2-3-6-9-17(25)12-13-19-18(20(26)16-21(19)27)10-7-4-5-8-11-22(28)23-14-15-24/h12-13,17-19,21,24-25,27H,2-11,14-16H2,1H3,(H,23,28)/b13-12+/t17?,18?,19-,21?/m1/s1. The average Bonchev–Trinajstić information content (AvgIpc) is 2.94. The molecule has 1 saturated carbocycles. The molecule has 4 N–H and O–H groups in total. The van der Waals surface area contributed by atoms with E-state index in [-0.39, 0.29) is 36.6 Å². The molecule has 6 nitrogen and oxygen atoms in total. The van der Waals surface area contributed by atoms with Crippen LogP contribution in [0.4, 0.5) is 0 Å². The van der Waals surface area contributed by atoms with Gasteiger partial charge in [-0.15, -0.1) is 0 Å². The Bertz CT molecular complexity index is 480. The van der Waals surface area contributed by atoms with Crippen LogP contribution in [0.5, 0.6) is 0 Å². The largest absolute Gasteiger partial charge is 0.395 e. The molecule has 0 aliphatic heterocycles. The fourth-order valence-electron chi connectivity index (χ4n) is 3.84. The van der Waals surface area contributed by atoms with Crippen LogP contribution in [0.25, 0.3) is 0 Å². The number of Topliss-reactive ketones (excluding diaryl/α,β-unsaturated/α-hetero) is 1. The van der Waals surface area contributed by atoms with Gasteiger partial charge in [-0.3, -0.25) is 9.59 Å². The second-order valence-corrected chi connectivity index (χ2v) is 7.90. The zero-order valence-electron chi connectivity index (χ0n) is 17.3. The second kappa shape index (κ2) is 14.7. The van der Waals surface area contributed by atoms with E-state index < -0.39 is 12.2 Å². The van der Waals surface area contributed by atoms with Gasteiger partial charge in [-0.1, -0.05) is 57.6 Å². The molecule has 0 aromatic rings. The third kappa shape index (κ3) is 9.80. The van der Waals surface area contributed by atoms with E-state index in [1.54, 1.807) is 6.08 Å². The minimum absolute atomic E-state index is 0.0363. The van der Waals surface area contributed by atoms with Crippen molar-refractivity contribution >= 4 is 11.7 Å². The number of hydrogen-bond acceptors (Lipinski definition) is 5. The second-order valence-electron chi connectivity index (χ2n) is 7.90. The van der Waals surface area contributed by atoms with E-state index in [9.17, 15) is 19.8 Å². The fraction of sp³-hybridized carbons (Fsp3) is 0.818. The Balaban J connectivity index is 2.31. The van der Waals surface area contributed by atoms with Crippen LogP contribution in [0.3, 0.4) is 0 Å². The highest BCUT2D eigenvalue weighted by atomic mass is 16.3. The molecule has 1 aliphatic carbocycles. The molecule has 1 aliphatic rings. The molecule has 162 valence electrons. The number of aliphatic hydroxyl groups excluding tert-OH is 3. The van der Waals surface area contributed by atoms with Crippen molar-refractivity contribution in [2.75, 3.05) is 13.2 Å². The first-order chi connectivity index (χ1) is 13.5. The molecule has 0 saturated heterocycles. The summed E-state index contributed by atoms with van der Waals surface area (Å²) in [5, 5.41) is 31.6. The van der Waals surface area contributed by atoms with Crippen molar-refractivity contribution < 1.29 is 24.9 Å². The molecule has 6 heteroatoms. The number of carbonyl (C=O) groups excluding carboxylic acids is 2. The van der Waals surface area contributed by atoms with E-state index in [2.05, 4.69) is 12.2 Å². The van der Waals surface area contributed by atoms with Gasteiger partial charge >= 0.3 is 0 Å². The van der Waals surface area contributed by atoms with Crippen molar-refractivity contribution in [3.05, 3.63) is 12.2 Å². The highest BCUT2D eigenvalue weighted by Gasteiger charge is 2.39. The number of nitrogens with one attached hydrogen (secondary N) is 1. The summed E-state index contributed by atoms with van der Waals surface area (Å²) in [6.45, 7) is 2.38. The van der Waals surface area contributed by atoms with E-state index in [0.717, 1.165) is 57.8 Å². The van der Waals surface area contributed by atoms with E-state index in [1.165, 1.54) is 0 Å². The zero-order valence-corrected chi connectivity index (χ0v) is 17.3. The summed E-state index contributed by atoms with van der Waals surface area (Å²) >= 11 is 0. The molecule has 0 aromatic heterocycles. The molecular weight excluding hydrogens is 358 g/mol. The summed E-state index contributed by atoms with van der Waals surface area (Å²) in [5.41, 5.74) is 0. The highest BCUT2D eigenvalue weighted by Crippen LogP contribution is 2.34. The van der Waals surface area contributed by atoms with Crippen LogP contribution in [0.1, 0.15) is 77.6 Å². The number of unbranched alkanes of at least 4 members (excludes halogenated alkanes) is 5. The molecule has 0 aromatic carbocycles. The van der Waals surface area contributed by atoms with Gasteiger partial charge in [-0.25, -0.2) is 0 Å². The summed E-state index contributed by atoms with van der Waals surface area (Å²) in [6, 6.07) is 0. The lowest BCUT2D eigenvalue weighted by Crippen LogP contribution is -2.25. The minimum atomic E-state index is -0.646. The number of carbonyl (C=O) groups is 2. The van der Waals surface area contributed by atoms with E-state index in [1.807, 2.05) is 6.08 Å². The number of rotatable bonds is 15. The molecule has 1 rings (SSSR count). The summed E-state index contributed by atoms with van der Waals surface area (Å²) in [5.74, 6) is -0.281. The Morgan fingerprint density at radius 2 is 1.96 bits per heavy atom. The van der Waals surface area contributed by atoms with Crippen molar-refractivity contribution in [2.24, 2.45) is 11.8 Å². The lowest BCUT2D eigenvalue weighted by atomic mass is 9.88. The number of aliphatic hydroxyl groups is 3. The van der Waals surface area contributed by atoms with Crippen LogP contribution in [0.2, 0.25) is 0 Å². The van der Waals surface area contributed by atoms with Crippen molar-refractivity contribution in [3.63, 3.8) is 0 Å². The van der Waals surface area contributed by atoms with Crippen molar-refractivity contribution in [3.8, 4) is 0 Å². The van der Waals surface area contributed by atoms with Crippen LogP contribution in [-0.2, 0) is 9.59 Å². The molecule has 0 heterocycles. The van der Waals surface area contributed by atoms with Gasteiger partial charge < -0.3 is 20.6 Å². The van der Waals surface area contributed by atoms with Gasteiger partial charge in [-0.2, -0.15) is 0 Å². The van der Waals surface area contributed by atoms with Crippen molar-refractivity contribution in [2.45, 2.75) is 89.8 Å². The molecule has 0 spiro atoms. The predicted octanol–water partition coefficient (Wildman–Crippen LogP) is 2.50. The Morgan fingerprint density at radius 1 is 1.21 bits per heavy atom. The molecule has 28 heavy (non-hydrogen) atoms. The number of amides is 1. The third-order valence-corrected chi connectivity index (χ3v) is 5.49. The quantitative estimate of drug-likeness (QED) is 0.251. The molecule has 4 atom stereocenters. The van der Waals surface area contributed by atoms with E-state index >= 15 is 0 Å². The summed E-state index contributed by atoms with van der Waals surface area (Å²) < 4.78 is 0. The molecule has 1 amide bonds. The fourth-order valence-corrected chi connectivity index (χ4v) is 3.84. The molecule has 3 unspecified atom stereocenters. The topological polar surface area (TPSA) is 107 Å². The average molecular weight is 398 g/mol. The number of hydrogen-bond donors (Lipinski definition) is 4. The monoisotopic (exact) mass is 397 g/mol. The Kier molecular flexibility index (Phi) is 13.0. The third-order valence-electron chi connectivity index (χ3n) is 5.49. The Labute approximate surface area is 169 Å². The first kappa shape index (κ1) is 24.8. The SMILES string of the molecule is CCCCCC(O)/C=C/[C@H]1C(O)CC(=O)C1CCCCCCC(=O)NCCO. The summed E-state index contributed by atoms with van der Waals surface area (Å²) in [4.78, 5) is 23.7. The summed E-state index contributed by atoms with van der Waals surface area (Å²) in [7, 11) is 0. The van der Waals surface area contributed by atoms with Gasteiger partial charge in [0.15, 0.2) is 0 Å².